The normalized spacial score (nSPS) is 19.7. The van der Waals surface area contributed by atoms with Gasteiger partial charge in [0.2, 0.25) is 0 Å². The molecule has 0 N–H and O–H groups in total. The highest BCUT2D eigenvalue weighted by Crippen LogP contribution is 2.48. The van der Waals surface area contributed by atoms with Crippen LogP contribution in [0.25, 0.3) is 11.3 Å². The maximum Gasteiger partial charge on any atom is 0.196 e. The fourth-order valence-electron chi connectivity index (χ4n) is 8.72. The molecule has 0 unspecified atom stereocenters. The molecule has 1 heterocycles. The first-order valence-electron chi connectivity index (χ1n) is 22.6. The van der Waals surface area contributed by atoms with Crippen molar-refractivity contribution in [2.45, 2.75) is 137 Å². The molecule has 2 nitrogen and oxygen atoms in total. The molecule has 0 aromatic heterocycles. The lowest BCUT2D eigenvalue weighted by Gasteiger charge is -2.43. The van der Waals surface area contributed by atoms with E-state index in [4.69, 9.17) is 25.8 Å². The van der Waals surface area contributed by atoms with E-state index in [-0.39, 0.29) is 27.1 Å². The van der Waals surface area contributed by atoms with E-state index in [1.165, 1.54) is 22.3 Å². The lowest BCUT2D eigenvalue weighted by atomic mass is 9.57. The van der Waals surface area contributed by atoms with Gasteiger partial charge in [0.05, 0.1) is 0 Å². The molecule has 6 rings (SSSR count). The van der Waals surface area contributed by atoms with Crippen molar-refractivity contribution in [3.8, 4) is 0 Å². The van der Waals surface area contributed by atoms with E-state index < -0.39 is 0 Å². The summed E-state index contributed by atoms with van der Waals surface area (Å²) in [6.45, 7) is 44.0. The Morgan fingerprint density at radius 3 is 2.05 bits per heavy atom. The number of thiol groups is 1. The average Bonchev–Trinajstić information content (AvgIpc) is 3.25. The summed E-state index contributed by atoms with van der Waals surface area (Å²) >= 11 is 5.09. The van der Waals surface area contributed by atoms with Gasteiger partial charge in [-0.15, -0.1) is 19.2 Å². The Bertz CT molecular complexity index is 2440. The lowest BCUT2D eigenvalue weighted by molar-refractivity contribution is 0.332. The molecule has 0 fully saturated rings. The number of fused-ring (bicyclic) bond motifs is 2. The molecule has 62 heavy (non-hydrogen) atoms. The fourth-order valence-corrected chi connectivity index (χ4v) is 8.99. The molecule has 3 aliphatic rings. The zero-order chi connectivity index (χ0) is 45.6. The van der Waals surface area contributed by atoms with Gasteiger partial charge in [-0.05, 0) is 134 Å². The van der Waals surface area contributed by atoms with Gasteiger partial charge in [-0.2, -0.15) is 0 Å². The Morgan fingerprint density at radius 1 is 0.839 bits per heavy atom. The highest BCUT2D eigenvalue weighted by Gasteiger charge is 2.39. The minimum absolute atomic E-state index is 0.0264. The fraction of sp³-hybridized carbons (Fsp3) is 0.379. The SMILES string of the molecule is C=C/C=C(\C=C/N(C(=C)c1cc(C2=CCCC=C2)ccc1S)/C1=C/C(C(C)(C)C)=C\N(c2ccc(C(C)(C)C)cc2)c2cc3c(cc2[B]C1=C)C(C)(C)CCC3(C)C)C(C)(C)C. The molecule has 2 aliphatic carbocycles. The van der Waals surface area contributed by atoms with Crippen LogP contribution in [0.1, 0.15) is 144 Å². The topological polar surface area (TPSA) is 6.48 Å². The molecule has 0 spiro atoms. The Labute approximate surface area is 383 Å². The Kier molecular flexibility index (Phi) is 13.2. The predicted molar refractivity (Wildman–Crippen MR) is 277 cm³/mol. The highest BCUT2D eigenvalue weighted by atomic mass is 32.1. The van der Waals surface area contributed by atoms with E-state index in [0.717, 1.165) is 86.6 Å². The van der Waals surface area contributed by atoms with Crippen LogP contribution >= 0.6 is 12.6 Å². The second-order valence-corrected chi connectivity index (χ2v) is 22.5. The van der Waals surface area contributed by atoms with Crippen LogP contribution < -0.4 is 10.4 Å². The van der Waals surface area contributed by atoms with Gasteiger partial charge in [-0.1, -0.05) is 169 Å². The third-order valence-electron chi connectivity index (χ3n) is 13.1. The van der Waals surface area contributed by atoms with Crippen molar-refractivity contribution in [2.75, 3.05) is 4.90 Å². The number of hydrogen-bond acceptors (Lipinski definition) is 3. The highest BCUT2D eigenvalue weighted by molar-refractivity contribution is 7.80. The van der Waals surface area contributed by atoms with E-state index in [2.05, 4.69) is 217 Å². The van der Waals surface area contributed by atoms with Gasteiger partial charge < -0.3 is 9.80 Å². The molecule has 323 valence electrons. The standard InChI is InChI=1S/C58H72BN2S/c1-17-21-43(54(4,5)6)30-33-60(40(3)47-34-42(24-29-53(47)62)41-22-19-18-20-23-41)51-35-45(56(10,11)12)38-61(46-27-25-44(26-28-46)55(7,8)9)52-37-49-48(36-50(52)59-39(51)2)57(13,14)31-32-58(49,15)16/h17,19,21-30,33-38,62H,1-3,18,20,31-32H2,4-16H3/b33-30-,43-21+,45-38+,51-35+. The predicted octanol–water partition coefficient (Wildman–Crippen LogP) is 15.8. The minimum Gasteiger partial charge on any atom is -0.318 e. The van der Waals surface area contributed by atoms with Crippen LogP contribution in [0.3, 0.4) is 0 Å². The molecule has 0 atom stereocenters. The smallest absolute Gasteiger partial charge is 0.196 e. The first kappa shape index (κ1) is 46.8. The molecular formula is C58H72BN2S. The van der Waals surface area contributed by atoms with Crippen molar-refractivity contribution in [3.05, 3.63) is 179 Å². The molecule has 0 bridgehead atoms. The van der Waals surface area contributed by atoms with Crippen molar-refractivity contribution >= 4 is 48.0 Å². The van der Waals surface area contributed by atoms with Crippen molar-refractivity contribution in [2.24, 2.45) is 10.8 Å². The summed E-state index contributed by atoms with van der Waals surface area (Å²) in [6, 6.07) is 20.7. The summed E-state index contributed by atoms with van der Waals surface area (Å²) in [5.74, 6) is 0. The van der Waals surface area contributed by atoms with E-state index in [1.54, 1.807) is 0 Å². The largest absolute Gasteiger partial charge is 0.318 e. The summed E-state index contributed by atoms with van der Waals surface area (Å²) in [6.07, 6.45) is 24.3. The van der Waals surface area contributed by atoms with Crippen LogP contribution in [-0.2, 0) is 16.2 Å². The Morgan fingerprint density at radius 2 is 1.48 bits per heavy atom. The zero-order valence-corrected chi connectivity index (χ0v) is 41.2. The van der Waals surface area contributed by atoms with Crippen LogP contribution in [0, 0.1) is 10.8 Å². The molecule has 0 saturated heterocycles. The van der Waals surface area contributed by atoms with E-state index in [0.29, 0.717) is 0 Å². The Balaban J connectivity index is 1.66. The van der Waals surface area contributed by atoms with Gasteiger partial charge in [0.1, 0.15) is 0 Å². The van der Waals surface area contributed by atoms with Crippen LogP contribution in [0.15, 0.2) is 156 Å². The summed E-state index contributed by atoms with van der Waals surface area (Å²) in [5, 5.41) is 0. The molecule has 1 radical (unpaired) electrons. The summed E-state index contributed by atoms with van der Waals surface area (Å²) < 4.78 is 0. The summed E-state index contributed by atoms with van der Waals surface area (Å²) in [4.78, 5) is 5.54. The van der Waals surface area contributed by atoms with Crippen molar-refractivity contribution in [1.29, 1.82) is 0 Å². The van der Waals surface area contributed by atoms with Crippen LogP contribution in [0.5, 0.6) is 0 Å². The molecule has 4 heteroatoms. The van der Waals surface area contributed by atoms with Gasteiger partial charge in [0, 0.05) is 45.6 Å². The monoisotopic (exact) mass is 840 g/mol. The van der Waals surface area contributed by atoms with Gasteiger partial charge >= 0.3 is 0 Å². The van der Waals surface area contributed by atoms with Crippen LogP contribution in [0.4, 0.5) is 11.4 Å². The zero-order valence-electron chi connectivity index (χ0n) is 40.3. The van der Waals surface area contributed by atoms with Gasteiger partial charge in [0.15, 0.2) is 7.28 Å². The number of allylic oxidation sites excluding steroid dienone is 11. The molecule has 0 saturated carbocycles. The first-order chi connectivity index (χ1) is 28.8. The van der Waals surface area contributed by atoms with E-state index in [9.17, 15) is 0 Å². The molecule has 0 amide bonds. The van der Waals surface area contributed by atoms with Gasteiger partial charge in [0.25, 0.3) is 0 Å². The second kappa shape index (κ2) is 17.5. The first-order valence-corrected chi connectivity index (χ1v) is 23.0. The second-order valence-electron chi connectivity index (χ2n) is 22.0. The summed E-state index contributed by atoms with van der Waals surface area (Å²) in [7, 11) is 2.31. The van der Waals surface area contributed by atoms with Crippen molar-refractivity contribution < 1.29 is 0 Å². The minimum atomic E-state index is -0.250. The number of anilines is 2. The molecular weight excluding hydrogens is 768 g/mol. The van der Waals surface area contributed by atoms with E-state index >= 15 is 0 Å². The number of rotatable bonds is 8. The van der Waals surface area contributed by atoms with Gasteiger partial charge in [-0.25, -0.2) is 0 Å². The molecule has 3 aromatic rings. The maximum atomic E-state index is 5.09. The van der Waals surface area contributed by atoms with Crippen molar-refractivity contribution in [3.63, 3.8) is 0 Å². The molecule has 1 aliphatic heterocycles. The Hall–Kier alpha value is -4.67. The third kappa shape index (κ3) is 10.1. The quantitative estimate of drug-likeness (QED) is 0.137. The number of nitrogens with zero attached hydrogens (tertiary/aromatic N) is 2. The number of hydrogen-bond donors (Lipinski definition) is 1. The summed E-state index contributed by atoms with van der Waals surface area (Å²) in [5.41, 5.74) is 15.6. The van der Waals surface area contributed by atoms with Gasteiger partial charge in [-0.3, -0.25) is 0 Å². The molecule has 3 aromatic carbocycles. The van der Waals surface area contributed by atoms with Crippen LogP contribution in [0.2, 0.25) is 0 Å². The van der Waals surface area contributed by atoms with Crippen LogP contribution in [-0.4, -0.2) is 12.2 Å². The maximum absolute atomic E-state index is 5.09. The average molecular weight is 840 g/mol. The van der Waals surface area contributed by atoms with E-state index in [1.807, 2.05) is 6.08 Å². The number of benzene rings is 3. The lowest BCUT2D eigenvalue weighted by Crippen LogP contribution is -2.37. The third-order valence-corrected chi connectivity index (χ3v) is 13.5. The van der Waals surface area contributed by atoms with Crippen molar-refractivity contribution in [1.82, 2.24) is 4.90 Å².